The number of nitrogens with zero attached hydrogens (tertiary/aromatic N) is 2. The van der Waals surface area contributed by atoms with Gasteiger partial charge in [-0.3, -0.25) is 9.69 Å². The lowest BCUT2D eigenvalue weighted by Gasteiger charge is -2.38. The first-order valence-corrected chi connectivity index (χ1v) is 10.5. The third-order valence-corrected chi connectivity index (χ3v) is 6.32. The van der Waals surface area contributed by atoms with Crippen LogP contribution in [-0.2, 0) is 11.3 Å². The molecule has 2 atom stereocenters. The van der Waals surface area contributed by atoms with Crippen LogP contribution in [0.25, 0.3) is 0 Å². The highest BCUT2D eigenvalue weighted by Gasteiger charge is 2.42. The maximum Gasteiger partial charge on any atom is 0.251 e. The van der Waals surface area contributed by atoms with Gasteiger partial charge in [0, 0.05) is 30.7 Å². The SMILES string of the molecule is CC(C)C[C@@H](O)C(=O)N1CCC[C@]2(CCCN2Cc2cc(F)ccc2F)CC1. The third-order valence-electron chi connectivity index (χ3n) is 6.32. The second kappa shape index (κ2) is 8.87. The van der Waals surface area contributed by atoms with Crippen LogP contribution in [0.4, 0.5) is 8.78 Å². The quantitative estimate of drug-likeness (QED) is 0.828. The maximum absolute atomic E-state index is 14.1. The number of amides is 1. The Kier molecular flexibility index (Phi) is 6.71. The fraction of sp³-hybridized carbons (Fsp3) is 0.682. The molecule has 1 aromatic carbocycles. The second-order valence-electron chi connectivity index (χ2n) is 8.81. The summed E-state index contributed by atoms with van der Waals surface area (Å²) in [6.07, 6.45) is 4.20. The van der Waals surface area contributed by atoms with E-state index in [1.807, 2.05) is 13.8 Å². The molecule has 0 saturated carbocycles. The zero-order valence-corrected chi connectivity index (χ0v) is 17.0. The van der Waals surface area contributed by atoms with Crippen molar-refractivity contribution in [3.8, 4) is 0 Å². The van der Waals surface area contributed by atoms with E-state index in [4.69, 9.17) is 0 Å². The summed E-state index contributed by atoms with van der Waals surface area (Å²) in [6.45, 7) is 6.51. The molecule has 2 heterocycles. The molecule has 4 nitrogen and oxygen atoms in total. The van der Waals surface area contributed by atoms with Crippen LogP contribution in [0.2, 0.25) is 0 Å². The number of hydrogen-bond acceptors (Lipinski definition) is 3. The monoisotopic (exact) mass is 394 g/mol. The number of benzene rings is 1. The highest BCUT2D eigenvalue weighted by atomic mass is 19.1. The Morgan fingerprint density at radius 1 is 1.14 bits per heavy atom. The van der Waals surface area contributed by atoms with Crippen LogP contribution < -0.4 is 0 Å². The number of aliphatic hydroxyl groups excluding tert-OH is 1. The Balaban J connectivity index is 1.68. The molecule has 0 aliphatic carbocycles. The number of halogens is 2. The Bertz CT molecular complexity index is 697. The summed E-state index contributed by atoms with van der Waals surface area (Å²) >= 11 is 0. The van der Waals surface area contributed by atoms with Crippen LogP contribution >= 0.6 is 0 Å². The molecule has 0 bridgehead atoms. The Labute approximate surface area is 166 Å². The molecule has 2 saturated heterocycles. The van der Waals surface area contributed by atoms with Crippen molar-refractivity contribution in [3.63, 3.8) is 0 Å². The van der Waals surface area contributed by atoms with E-state index < -0.39 is 11.9 Å². The van der Waals surface area contributed by atoms with Crippen molar-refractivity contribution in [3.05, 3.63) is 35.4 Å². The molecule has 6 heteroatoms. The summed E-state index contributed by atoms with van der Waals surface area (Å²) < 4.78 is 27.7. The van der Waals surface area contributed by atoms with Gasteiger partial charge < -0.3 is 10.0 Å². The van der Waals surface area contributed by atoms with Crippen LogP contribution in [0.15, 0.2) is 18.2 Å². The first-order chi connectivity index (χ1) is 13.3. The van der Waals surface area contributed by atoms with Crippen molar-refractivity contribution in [1.82, 2.24) is 9.80 Å². The summed E-state index contributed by atoms with van der Waals surface area (Å²) in [5.41, 5.74) is 0.322. The zero-order valence-electron chi connectivity index (χ0n) is 17.0. The fourth-order valence-electron chi connectivity index (χ4n) is 4.83. The van der Waals surface area contributed by atoms with Gasteiger partial charge in [0.05, 0.1) is 0 Å². The minimum Gasteiger partial charge on any atom is -0.383 e. The molecular weight excluding hydrogens is 362 g/mol. The molecule has 1 spiro atoms. The largest absolute Gasteiger partial charge is 0.383 e. The lowest BCUT2D eigenvalue weighted by molar-refractivity contribution is -0.141. The van der Waals surface area contributed by atoms with Gasteiger partial charge in [0.1, 0.15) is 17.7 Å². The molecule has 2 aliphatic rings. The summed E-state index contributed by atoms with van der Waals surface area (Å²) in [7, 11) is 0. The molecule has 2 aliphatic heterocycles. The molecule has 0 unspecified atom stereocenters. The molecule has 2 fully saturated rings. The summed E-state index contributed by atoms with van der Waals surface area (Å²) in [6, 6.07) is 3.63. The molecule has 1 aromatic rings. The molecule has 0 radical (unpaired) electrons. The van der Waals surface area contributed by atoms with Gasteiger partial charge in [-0.1, -0.05) is 13.8 Å². The van der Waals surface area contributed by atoms with Crippen molar-refractivity contribution in [2.24, 2.45) is 5.92 Å². The minimum absolute atomic E-state index is 0.0726. The average molecular weight is 395 g/mol. The first-order valence-electron chi connectivity index (χ1n) is 10.5. The van der Waals surface area contributed by atoms with Crippen LogP contribution in [0.1, 0.15) is 57.9 Å². The van der Waals surface area contributed by atoms with Gasteiger partial charge in [-0.05, 0) is 69.2 Å². The highest BCUT2D eigenvalue weighted by molar-refractivity contribution is 5.80. The van der Waals surface area contributed by atoms with E-state index >= 15 is 0 Å². The topological polar surface area (TPSA) is 43.8 Å². The Morgan fingerprint density at radius 2 is 1.86 bits per heavy atom. The first kappa shape index (κ1) is 21.2. The average Bonchev–Trinajstić information content (AvgIpc) is 2.88. The lowest BCUT2D eigenvalue weighted by atomic mass is 9.87. The summed E-state index contributed by atoms with van der Waals surface area (Å²) in [5, 5.41) is 10.2. The van der Waals surface area contributed by atoms with E-state index in [9.17, 15) is 18.7 Å². The number of hydrogen-bond donors (Lipinski definition) is 1. The Morgan fingerprint density at radius 3 is 2.57 bits per heavy atom. The lowest BCUT2D eigenvalue weighted by Crippen LogP contribution is -2.45. The molecule has 1 amide bonds. The van der Waals surface area contributed by atoms with Gasteiger partial charge in [-0.25, -0.2) is 8.78 Å². The minimum atomic E-state index is -0.935. The normalized spacial score (nSPS) is 24.7. The van der Waals surface area contributed by atoms with Crippen LogP contribution in [0.5, 0.6) is 0 Å². The van der Waals surface area contributed by atoms with Gasteiger partial charge in [0.2, 0.25) is 0 Å². The molecule has 0 aromatic heterocycles. The fourth-order valence-corrected chi connectivity index (χ4v) is 4.83. The molecule has 1 N–H and O–H groups in total. The predicted octanol–water partition coefficient (Wildman–Crippen LogP) is 3.72. The predicted molar refractivity (Wildman–Crippen MR) is 105 cm³/mol. The number of likely N-dealkylation sites (tertiary alicyclic amines) is 2. The number of carbonyl (C=O) groups is 1. The van der Waals surface area contributed by atoms with E-state index in [0.717, 1.165) is 44.7 Å². The van der Waals surface area contributed by atoms with Gasteiger partial charge in [0.25, 0.3) is 5.91 Å². The number of rotatable bonds is 5. The van der Waals surface area contributed by atoms with E-state index in [0.29, 0.717) is 31.6 Å². The van der Waals surface area contributed by atoms with Gasteiger partial charge in [0.15, 0.2) is 0 Å². The van der Waals surface area contributed by atoms with E-state index in [1.54, 1.807) is 4.90 Å². The van der Waals surface area contributed by atoms with Crippen molar-refractivity contribution in [2.75, 3.05) is 19.6 Å². The van der Waals surface area contributed by atoms with E-state index in [-0.39, 0.29) is 23.2 Å². The van der Waals surface area contributed by atoms with Crippen LogP contribution in [0, 0.1) is 17.6 Å². The van der Waals surface area contributed by atoms with Crippen molar-refractivity contribution < 1.29 is 18.7 Å². The maximum atomic E-state index is 14.1. The van der Waals surface area contributed by atoms with Crippen molar-refractivity contribution in [2.45, 2.75) is 70.6 Å². The molecule has 28 heavy (non-hydrogen) atoms. The van der Waals surface area contributed by atoms with Crippen molar-refractivity contribution >= 4 is 5.91 Å². The summed E-state index contributed by atoms with van der Waals surface area (Å²) in [4.78, 5) is 16.7. The van der Waals surface area contributed by atoms with Gasteiger partial charge >= 0.3 is 0 Å². The zero-order chi connectivity index (χ0) is 20.3. The van der Waals surface area contributed by atoms with Gasteiger partial charge in [-0.15, -0.1) is 0 Å². The third kappa shape index (κ3) is 4.71. The summed E-state index contributed by atoms with van der Waals surface area (Å²) in [5.74, 6) is -0.692. The number of carbonyl (C=O) groups excluding carboxylic acids is 1. The van der Waals surface area contributed by atoms with Crippen LogP contribution in [0.3, 0.4) is 0 Å². The smallest absolute Gasteiger partial charge is 0.251 e. The standard InChI is InChI=1S/C22H32F2N2O2/c1-16(2)13-20(27)21(28)25-10-3-7-22(9-12-25)8-4-11-26(22)15-17-14-18(23)5-6-19(17)24/h5-6,14,16,20,27H,3-4,7-13,15H2,1-2H3/t20-,22+/m1/s1. The van der Waals surface area contributed by atoms with E-state index in [1.165, 1.54) is 12.1 Å². The van der Waals surface area contributed by atoms with Crippen LogP contribution in [-0.4, -0.2) is 52.1 Å². The van der Waals surface area contributed by atoms with E-state index in [2.05, 4.69) is 4.90 Å². The van der Waals surface area contributed by atoms with Crippen molar-refractivity contribution in [1.29, 1.82) is 0 Å². The molecule has 156 valence electrons. The Hall–Kier alpha value is -1.53. The van der Waals surface area contributed by atoms with Gasteiger partial charge in [-0.2, -0.15) is 0 Å². The molecular formula is C22H32F2N2O2. The highest BCUT2D eigenvalue weighted by Crippen LogP contribution is 2.39. The molecule has 3 rings (SSSR count). The number of aliphatic hydroxyl groups is 1. The second-order valence-corrected chi connectivity index (χ2v) is 8.81.